The third-order valence-corrected chi connectivity index (χ3v) is 4.76. The number of hydrogen-bond donors (Lipinski definition) is 0. The first-order chi connectivity index (χ1) is 9.90. The van der Waals surface area contributed by atoms with Gasteiger partial charge >= 0.3 is 0 Å². The van der Waals surface area contributed by atoms with Crippen LogP contribution < -0.4 is 9.47 Å². The van der Waals surface area contributed by atoms with Crippen molar-refractivity contribution in [3.05, 3.63) is 52.5 Å². The van der Waals surface area contributed by atoms with Crippen molar-refractivity contribution in [2.24, 2.45) is 0 Å². The Balaban J connectivity index is 2.17. The van der Waals surface area contributed by atoms with Crippen molar-refractivity contribution in [3.8, 4) is 11.5 Å². The monoisotopic (exact) mass is 370 g/mol. The van der Waals surface area contributed by atoms with Gasteiger partial charge in [-0.3, -0.25) is 0 Å². The molecule has 0 fully saturated rings. The molecule has 0 N–H and O–H groups in total. The van der Waals surface area contributed by atoms with Crippen LogP contribution in [0, 0.1) is 0 Å². The van der Waals surface area contributed by atoms with E-state index in [0.717, 1.165) is 15.8 Å². The summed E-state index contributed by atoms with van der Waals surface area (Å²) in [5, 5.41) is 0. The Labute approximate surface area is 132 Å². The van der Waals surface area contributed by atoms with Crippen LogP contribution in [0.25, 0.3) is 0 Å². The minimum absolute atomic E-state index is 0.240. The number of ether oxygens (including phenoxy) is 2. The van der Waals surface area contributed by atoms with Gasteiger partial charge in [-0.1, -0.05) is 22.0 Å². The van der Waals surface area contributed by atoms with Crippen molar-refractivity contribution in [2.75, 3.05) is 13.4 Å². The molecule has 0 aliphatic carbocycles. The summed E-state index contributed by atoms with van der Waals surface area (Å²) in [4.78, 5) is 0.240. The summed E-state index contributed by atoms with van der Waals surface area (Å²) in [6.07, 6.45) is 1.17. The van der Waals surface area contributed by atoms with Crippen LogP contribution in [0.5, 0.6) is 11.5 Å². The van der Waals surface area contributed by atoms with Crippen molar-refractivity contribution >= 4 is 25.8 Å². The van der Waals surface area contributed by atoms with E-state index in [2.05, 4.69) is 15.9 Å². The summed E-state index contributed by atoms with van der Waals surface area (Å²) in [5.41, 5.74) is 0.916. The van der Waals surface area contributed by atoms with E-state index in [4.69, 9.17) is 9.47 Å². The third-order valence-electron chi connectivity index (χ3n) is 2.88. The smallest absolute Gasteiger partial charge is 0.175 e. The van der Waals surface area contributed by atoms with Gasteiger partial charge in [-0.2, -0.15) is 0 Å². The number of hydrogen-bond acceptors (Lipinski definition) is 4. The van der Waals surface area contributed by atoms with Crippen LogP contribution >= 0.6 is 15.9 Å². The third kappa shape index (κ3) is 4.22. The molecule has 0 radical (unpaired) electrons. The fraction of sp³-hybridized carbons (Fsp3) is 0.200. The molecule has 0 saturated carbocycles. The van der Waals surface area contributed by atoms with Crippen LogP contribution in [0.1, 0.15) is 5.56 Å². The first kappa shape index (κ1) is 15.9. The van der Waals surface area contributed by atoms with Crippen molar-refractivity contribution in [3.63, 3.8) is 0 Å². The van der Waals surface area contributed by atoms with Crippen LogP contribution in [0.4, 0.5) is 0 Å². The molecular weight excluding hydrogens is 356 g/mol. The molecule has 0 spiro atoms. The van der Waals surface area contributed by atoms with Crippen LogP contribution in [0.15, 0.2) is 51.8 Å². The van der Waals surface area contributed by atoms with Gasteiger partial charge < -0.3 is 9.47 Å². The zero-order chi connectivity index (χ0) is 15.5. The van der Waals surface area contributed by atoms with E-state index in [1.807, 2.05) is 18.2 Å². The molecule has 2 aromatic rings. The Morgan fingerprint density at radius 1 is 1.10 bits per heavy atom. The highest BCUT2D eigenvalue weighted by Crippen LogP contribution is 2.25. The molecule has 0 amide bonds. The number of methoxy groups -OCH3 is 1. The fourth-order valence-corrected chi connectivity index (χ4v) is 2.76. The van der Waals surface area contributed by atoms with Crippen molar-refractivity contribution in [1.82, 2.24) is 0 Å². The molecule has 0 aromatic heterocycles. The van der Waals surface area contributed by atoms with E-state index >= 15 is 0 Å². The van der Waals surface area contributed by atoms with E-state index in [9.17, 15) is 8.42 Å². The Morgan fingerprint density at radius 2 is 1.86 bits per heavy atom. The molecule has 21 heavy (non-hydrogen) atoms. The lowest BCUT2D eigenvalue weighted by molar-refractivity contribution is 0.303. The second-order valence-electron chi connectivity index (χ2n) is 4.49. The minimum Gasteiger partial charge on any atom is -0.497 e. The average Bonchev–Trinajstić information content (AvgIpc) is 2.46. The molecule has 2 aromatic carbocycles. The van der Waals surface area contributed by atoms with Gasteiger partial charge in [0.1, 0.15) is 18.1 Å². The summed E-state index contributed by atoms with van der Waals surface area (Å²) in [6.45, 7) is 0.311. The van der Waals surface area contributed by atoms with Gasteiger partial charge in [0.05, 0.1) is 12.0 Å². The number of sulfone groups is 1. The standard InChI is InChI=1S/C15H15BrO4S/c1-19-12-6-7-15(16)11(8-12)10-20-13-4-3-5-14(9-13)21(2,17)18/h3-9H,10H2,1-2H3. The van der Waals surface area contributed by atoms with E-state index in [0.29, 0.717) is 12.4 Å². The largest absolute Gasteiger partial charge is 0.497 e. The summed E-state index contributed by atoms with van der Waals surface area (Å²) >= 11 is 3.45. The van der Waals surface area contributed by atoms with Crippen LogP contribution in [0.3, 0.4) is 0 Å². The van der Waals surface area contributed by atoms with Gasteiger partial charge in [0, 0.05) is 16.3 Å². The number of benzene rings is 2. The van der Waals surface area contributed by atoms with Crippen LogP contribution in [0.2, 0.25) is 0 Å². The maximum Gasteiger partial charge on any atom is 0.175 e. The van der Waals surface area contributed by atoms with Crippen LogP contribution in [-0.4, -0.2) is 21.8 Å². The average molecular weight is 371 g/mol. The Kier molecular flexibility index (Phi) is 4.90. The predicted molar refractivity (Wildman–Crippen MR) is 84.6 cm³/mol. The lowest BCUT2D eigenvalue weighted by atomic mass is 10.2. The van der Waals surface area contributed by atoms with Gasteiger partial charge in [0.25, 0.3) is 0 Å². The molecule has 0 bridgehead atoms. The van der Waals surface area contributed by atoms with E-state index in [1.54, 1.807) is 25.3 Å². The van der Waals surface area contributed by atoms with E-state index < -0.39 is 9.84 Å². The Bertz CT molecular complexity index is 741. The highest BCUT2D eigenvalue weighted by atomic mass is 79.9. The summed E-state index contributed by atoms with van der Waals surface area (Å²) in [7, 11) is -1.64. The summed E-state index contributed by atoms with van der Waals surface area (Å²) in [5.74, 6) is 1.24. The zero-order valence-electron chi connectivity index (χ0n) is 11.7. The molecule has 6 heteroatoms. The van der Waals surface area contributed by atoms with Gasteiger partial charge in [-0.05, 0) is 36.4 Å². The van der Waals surface area contributed by atoms with Gasteiger partial charge in [-0.25, -0.2) is 8.42 Å². The zero-order valence-corrected chi connectivity index (χ0v) is 14.1. The molecule has 0 aliphatic rings. The lowest BCUT2D eigenvalue weighted by Crippen LogP contribution is -2.00. The molecule has 2 rings (SSSR count). The van der Waals surface area contributed by atoms with Gasteiger partial charge in [0.15, 0.2) is 9.84 Å². The van der Waals surface area contributed by atoms with E-state index in [-0.39, 0.29) is 4.90 Å². The molecular formula is C15H15BrO4S. The lowest BCUT2D eigenvalue weighted by Gasteiger charge is -2.10. The maximum atomic E-state index is 11.5. The topological polar surface area (TPSA) is 52.6 Å². The Hall–Kier alpha value is -1.53. The molecule has 0 unspecified atom stereocenters. The Morgan fingerprint density at radius 3 is 2.52 bits per heavy atom. The van der Waals surface area contributed by atoms with Crippen LogP contribution in [-0.2, 0) is 16.4 Å². The normalized spacial score (nSPS) is 11.2. The first-order valence-electron chi connectivity index (χ1n) is 6.15. The predicted octanol–water partition coefficient (Wildman–Crippen LogP) is 3.44. The minimum atomic E-state index is -3.24. The maximum absolute atomic E-state index is 11.5. The molecule has 0 saturated heterocycles. The SMILES string of the molecule is COc1ccc(Br)c(COc2cccc(S(C)(=O)=O)c2)c1. The van der Waals surface area contributed by atoms with Crippen molar-refractivity contribution < 1.29 is 17.9 Å². The number of rotatable bonds is 5. The second kappa shape index (κ2) is 6.49. The molecule has 0 aliphatic heterocycles. The highest BCUT2D eigenvalue weighted by Gasteiger charge is 2.09. The molecule has 0 atom stereocenters. The summed E-state index contributed by atoms with van der Waals surface area (Å²) in [6, 6.07) is 12.0. The molecule has 4 nitrogen and oxygen atoms in total. The molecule has 112 valence electrons. The van der Waals surface area contributed by atoms with E-state index in [1.165, 1.54) is 12.3 Å². The first-order valence-corrected chi connectivity index (χ1v) is 8.84. The quantitative estimate of drug-likeness (QED) is 0.808. The molecule has 0 heterocycles. The highest BCUT2D eigenvalue weighted by molar-refractivity contribution is 9.10. The number of halogens is 1. The second-order valence-corrected chi connectivity index (χ2v) is 7.36. The van der Waals surface area contributed by atoms with Crippen molar-refractivity contribution in [1.29, 1.82) is 0 Å². The fourth-order valence-electron chi connectivity index (χ4n) is 1.74. The summed E-state index contributed by atoms with van der Waals surface area (Å²) < 4.78 is 34.8. The van der Waals surface area contributed by atoms with Gasteiger partial charge in [0.2, 0.25) is 0 Å². The van der Waals surface area contributed by atoms with Gasteiger partial charge in [-0.15, -0.1) is 0 Å². The van der Waals surface area contributed by atoms with Crippen molar-refractivity contribution in [2.45, 2.75) is 11.5 Å².